The lowest BCUT2D eigenvalue weighted by Crippen LogP contribution is -2.34. The smallest absolute Gasteiger partial charge is 0.101 e. The van der Waals surface area contributed by atoms with Crippen molar-refractivity contribution in [1.29, 1.82) is 0 Å². The number of nitrogens with zero attached hydrogens (tertiary/aromatic N) is 2. The van der Waals surface area contributed by atoms with E-state index in [-0.39, 0.29) is 37.0 Å². The first kappa shape index (κ1) is 14.7. The van der Waals surface area contributed by atoms with Crippen molar-refractivity contribution in [2.45, 2.75) is 25.0 Å². The third-order valence-corrected chi connectivity index (χ3v) is 2.42. The highest BCUT2D eigenvalue weighted by Gasteiger charge is 2.24. The first-order valence-electron chi connectivity index (χ1n) is 4.63. The summed E-state index contributed by atoms with van der Waals surface area (Å²) in [6.45, 7) is 0.813. The van der Waals surface area contributed by atoms with Crippen molar-refractivity contribution in [1.82, 2.24) is 9.78 Å². The fourth-order valence-electron chi connectivity index (χ4n) is 1.73. The molecule has 2 rings (SSSR count). The summed E-state index contributed by atoms with van der Waals surface area (Å²) in [6, 6.07) is 0.123. The summed E-state index contributed by atoms with van der Waals surface area (Å²) in [5.41, 5.74) is 7.05. The largest absolute Gasteiger partial charge is 0.372 e. The maximum absolute atomic E-state index is 5.96. The Morgan fingerprint density at radius 3 is 2.80 bits per heavy atom. The summed E-state index contributed by atoms with van der Waals surface area (Å²) in [5.74, 6) is 0. The van der Waals surface area contributed by atoms with Gasteiger partial charge in [0, 0.05) is 31.5 Å². The van der Waals surface area contributed by atoms with E-state index >= 15 is 0 Å². The second kappa shape index (κ2) is 6.33. The Bertz CT molecular complexity index is 293. The molecule has 2 N–H and O–H groups in total. The Morgan fingerprint density at radius 2 is 2.27 bits per heavy atom. The van der Waals surface area contributed by atoms with Crippen LogP contribution < -0.4 is 5.73 Å². The Hall–Kier alpha value is -0.290. The minimum absolute atomic E-state index is 0. The topological polar surface area (TPSA) is 53.1 Å². The molecule has 15 heavy (non-hydrogen) atoms. The molecular formula is C9H17Cl2N3O. The summed E-state index contributed by atoms with van der Waals surface area (Å²) >= 11 is 0. The SMILES string of the molecule is Cl.Cl.Cn1cc(C2OCCCC2N)cn1. The van der Waals surface area contributed by atoms with Crippen LogP contribution in [0.15, 0.2) is 12.4 Å². The molecule has 1 aliphatic rings. The summed E-state index contributed by atoms with van der Waals surface area (Å²) in [4.78, 5) is 0. The van der Waals surface area contributed by atoms with Crippen LogP contribution >= 0.6 is 24.8 Å². The van der Waals surface area contributed by atoms with Gasteiger partial charge in [0.05, 0.1) is 6.20 Å². The van der Waals surface area contributed by atoms with Gasteiger partial charge in [-0.05, 0) is 12.8 Å². The molecule has 0 amide bonds. The molecule has 4 nitrogen and oxygen atoms in total. The molecule has 1 aromatic heterocycles. The van der Waals surface area contributed by atoms with Crippen LogP contribution in [0.4, 0.5) is 0 Å². The number of hydrogen-bond acceptors (Lipinski definition) is 3. The number of rotatable bonds is 1. The van der Waals surface area contributed by atoms with Gasteiger partial charge in [-0.1, -0.05) is 0 Å². The lowest BCUT2D eigenvalue weighted by molar-refractivity contribution is 0.000107. The standard InChI is InChI=1S/C9H15N3O.2ClH/c1-12-6-7(5-11-12)9-8(10)3-2-4-13-9;;/h5-6,8-9H,2-4,10H2,1H3;2*1H. The lowest BCUT2D eigenvalue weighted by atomic mass is 9.99. The third kappa shape index (κ3) is 3.34. The minimum Gasteiger partial charge on any atom is -0.372 e. The number of ether oxygens (including phenoxy) is 1. The maximum Gasteiger partial charge on any atom is 0.101 e. The van der Waals surface area contributed by atoms with Crippen LogP contribution in [-0.4, -0.2) is 22.4 Å². The fraction of sp³-hybridized carbons (Fsp3) is 0.667. The molecule has 2 heterocycles. The van der Waals surface area contributed by atoms with Gasteiger partial charge in [0.25, 0.3) is 0 Å². The van der Waals surface area contributed by atoms with Crippen LogP contribution in [0.2, 0.25) is 0 Å². The molecule has 88 valence electrons. The second-order valence-corrected chi connectivity index (χ2v) is 3.54. The molecular weight excluding hydrogens is 237 g/mol. The van der Waals surface area contributed by atoms with E-state index in [9.17, 15) is 0 Å². The van der Waals surface area contributed by atoms with E-state index in [1.54, 1.807) is 4.68 Å². The maximum atomic E-state index is 5.96. The highest BCUT2D eigenvalue weighted by atomic mass is 35.5. The van der Waals surface area contributed by atoms with Crippen molar-refractivity contribution < 1.29 is 4.74 Å². The summed E-state index contributed by atoms with van der Waals surface area (Å²) in [5, 5.41) is 4.11. The highest BCUT2D eigenvalue weighted by Crippen LogP contribution is 2.26. The van der Waals surface area contributed by atoms with Crippen LogP contribution in [0.3, 0.4) is 0 Å². The van der Waals surface area contributed by atoms with Gasteiger partial charge in [-0.2, -0.15) is 5.10 Å². The van der Waals surface area contributed by atoms with Gasteiger partial charge in [-0.15, -0.1) is 24.8 Å². The predicted octanol–water partition coefficient (Wildman–Crippen LogP) is 1.44. The van der Waals surface area contributed by atoms with Crippen molar-refractivity contribution in [2.75, 3.05) is 6.61 Å². The number of hydrogen-bond donors (Lipinski definition) is 1. The molecule has 0 spiro atoms. The van der Waals surface area contributed by atoms with E-state index < -0.39 is 0 Å². The monoisotopic (exact) mass is 253 g/mol. The van der Waals surface area contributed by atoms with E-state index in [1.165, 1.54) is 0 Å². The average Bonchev–Trinajstić information content (AvgIpc) is 2.53. The van der Waals surface area contributed by atoms with Gasteiger partial charge >= 0.3 is 0 Å². The lowest BCUT2D eigenvalue weighted by Gasteiger charge is -2.27. The molecule has 1 aliphatic heterocycles. The van der Waals surface area contributed by atoms with Crippen molar-refractivity contribution >= 4 is 24.8 Å². The molecule has 0 aromatic carbocycles. The molecule has 1 fully saturated rings. The van der Waals surface area contributed by atoms with Crippen LogP contribution in [0.1, 0.15) is 24.5 Å². The van der Waals surface area contributed by atoms with E-state index in [0.29, 0.717) is 0 Å². The Balaban J connectivity index is 0.000000980. The quantitative estimate of drug-likeness (QED) is 0.825. The third-order valence-electron chi connectivity index (χ3n) is 2.42. The zero-order valence-electron chi connectivity index (χ0n) is 8.63. The number of nitrogens with two attached hydrogens (primary N) is 1. The molecule has 1 aromatic rings. The Labute approximate surface area is 102 Å². The van der Waals surface area contributed by atoms with Crippen LogP contribution in [0, 0.1) is 0 Å². The van der Waals surface area contributed by atoms with Crippen molar-refractivity contribution in [3.63, 3.8) is 0 Å². The number of halogens is 2. The predicted molar refractivity (Wildman–Crippen MR) is 63.6 cm³/mol. The minimum atomic E-state index is 0. The van der Waals surface area contributed by atoms with Crippen molar-refractivity contribution in [3.05, 3.63) is 18.0 Å². The molecule has 0 bridgehead atoms. The number of aryl methyl sites for hydroxylation is 1. The average molecular weight is 254 g/mol. The second-order valence-electron chi connectivity index (χ2n) is 3.54. The molecule has 0 aliphatic carbocycles. The Kier molecular flexibility index (Phi) is 6.20. The van der Waals surface area contributed by atoms with Crippen molar-refractivity contribution in [2.24, 2.45) is 12.8 Å². The van der Waals surface area contributed by atoms with E-state index in [1.807, 2.05) is 19.4 Å². The summed E-state index contributed by atoms with van der Waals surface area (Å²) in [6.07, 6.45) is 5.95. The molecule has 0 saturated carbocycles. The molecule has 2 atom stereocenters. The normalized spacial score (nSPS) is 25.2. The van der Waals surface area contributed by atoms with E-state index in [2.05, 4.69) is 5.10 Å². The van der Waals surface area contributed by atoms with Gasteiger partial charge in [0.15, 0.2) is 0 Å². The summed E-state index contributed by atoms with van der Waals surface area (Å²) in [7, 11) is 1.90. The van der Waals surface area contributed by atoms with Gasteiger partial charge in [0.1, 0.15) is 6.10 Å². The zero-order chi connectivity index (χ0) is 9.26. The molecule has 2 unspecified atom stereocenters. The highest BCUT2D eigenvalue weighted by molar-refractivity contribution is 5.85. The van der Waals surface area contributed by atoms with Crippen LogP contribution in [0.25, 0.3) is 0 Å². The fourth-order valence-corrected chi connectivity index (χ4v) is 1.73. The van der Waals surface area contributed by atoms with Gasteiger partial charge in [-0.3, -0.25) is 4.68 Å². The van der Waals surface area contributed by atoms with Gasteiger partial charge in [0.2, 0.25) is 0 Å². The van der Waals surface area contributed by atoms with Crippen LogP contribution in [-0.2, 0) is 11.8 Å². The van der Waals surface area contributed by atoms with E-state index in [0.717, 1.165) is 25.0 Å². The number of aromatic nitrogens is 2. The zero-order valence-corrected chi connectivity index (χ0v) is 10.3. The van der Waals surface area contributed by atoms with Crippen LogP contribution in [0.5, 0.6) is 0 Å². The summed E-state index contributed by atoms with van der Waals surface area (Å²) < 4.78 is 7.39. The van der Waals surface area contributed by atoms with Crippen molar-refractivity contribution in [3.8, 4) is 0 Å². The van der Waals surface area contributed by atoms with E-state index in [4.69, 9.17) is 10.5 Å². The van der Waals surface area contributed by atoms with Gasteiger partial charge in [-0.25, -0.2) is 0 Å². The molecule has 0 radical (unpaired) electrons. The first-order valence-corrected chi connectivity index (χ1v) is 4.63. The Morgan fingerprint density at radius 1 is 1.53 bits per heavy atom. The first-order chi connectivity index (χ1) is 6.27. The van der Waals surface area contributed by atoms with Gasteiger partial charge < -0.3 is 10.5 Å². The molecule has 1 saturated heterocycles. The molecule has 6 heteroatoms.